The second-order valence-corrected chi connectivity index (χ2v) is 7.00. The molecule has 30 heavy (non-hydrogen) atoms. The zero-order chi connectivity index (χ0) is 21.5. The van der Waals surface area contributed by atoms with Gasteiger partial charge in [0.2, 0.25) is 5.91 Å². The Bertz CT molecular complexity index is 910. The third kappa shape index (κ3) is 5.17. The number of nitrogens with one attached hydrogen (secondary N) is 1. The highest BCUT2D eigenvalue weighted by Gasteiger charge is 2.36. The summed E-state index contributed by atoms with van der Waals surface area (Å²) < 4.78 is 10.6. The first kappa shape index (κ1) is 21.4. The molecule has 1 aliphatic heterocycles. The monoisotopic (exact) mass is 410 g/mol. The van der Waals surface area contributed by atoms with E-state index in [4.69, 9.17) is 9.47 Å². The molecule has 0 saturated carbocycles. The van der Waals surface area contributed by atoms with Crippen molar-refractivity contribution >= 4 is 29.2 Å². The maximum Gasteiger partial charge on any atom is 0.311 e. The third-order valence-electron chi connectivity index (χ3n) is 4.94. The van der Waals surface area contributed by atoms with Crippen molar-refractivity contribution in [2.45, 2.75) is 26.7 Å². The maximum atomic E-state index is 12.4. The highest BCUT2D eigenvalue weighted by molar-refractivity contribution is 6.00. The predicted molar refractivity (Wildman–Crippen MR) is 113 cm³/mol. The van der Waals surface area contributed by atoms with Crippen LogP contribution >= 0.6 is 0 Å². The summed E-state index contributed by atoms with van der Waals surface area (Å²) in [5.41, 5.74) is 2.41. The zero-order valence-corrected chi connectivity index (χ0v) is 17.2. The van der Waals surface area contributed by atoms with Crippen molar-refractivity contribution < 1.29 is 23.9 Å². The quantitative estimate of drug-likeness (QED) is 0.676. The van der Waals surface area contributed by atoms with Gasteiger partial charge in [-0.1, -0.05) is 25.1 Å². The largest absolute Gasteiger partial charge is 0.494 e. The van der Waals surface area contributed by atoms with Gasteiger partial charge in [-0.25, -0.2) is 0 Å². The molecule has 0 radical (unpaired) electrons. The second-order valence-electron chi connectivity index (χ2n) is 7.00. The van der Waals surface area contributed by atoms with Gasteiger partial charge in [-0.3, -0.25) is 14.4 Å². The number of benzene rings is 2. The normalized spacial score (nSPS) is 15.7. The second kappa shape index (κ2) is 9.91. The smallest absolute Gasteiger partial charge is 0.311 e. The lowest BCUT2D eigenvalue weighted by Gasteiger charge is -2.17. The molecule has 3 rings (SSSR count). The summed E-state index contributed by atoms with van der Waals surface area (Å²) in [7, 11) is 0. The highest BCUT2D eigenvalue weighted by Crippen LogP contribution is 2.27. The lowest BCUT2D eigenvalue weighted by atomic mass is 10.1. The zero-order valence-electron chi connectivity index (χ0n) is 17.2. The Morgan fingerprint density at radius 3 is 2.53 bits per heavy atom. The highest BCUT2D eigenvalue weighted by atomic mass is 16.5. The molecule has 2 aromatic rings. The van der Waals surface area contributed by atoms with E-state index in [-0.39, 0.29) is 25.5 Å². The lowest BCUT2D eigenvalue weighted by Crippen LogP contribution is -2.28. The first-order valence-electron chi connectivity index (χ1n) is 10.1. The minimum Gasteiger partial charge on any atom is -0.494 e. The topological polar surface area (TPSA) is 84.9 Å². The van der Waals surface area contributed by atoms with Crippen LogP contribution in [-0.4, -0.2) is 37.5 Å². The number of aryl methyl sites for hydroxylation is 1. The maximum absolute atomic E-state index is 12.4. The fourth-order valence-corrected chi connectivity index (χ4v) is 3.40. The van der Waals surface area contributed by atoms with Gasteiger partial charge >= 0.3 is 5.97 Å². The first-order chi connectivity index (χ1) is 14.5. The molecule has 2 amide bonds. The van der Waals surface area contributed by atoms with E-state index in [0.29, 0.717) is 18.0 Å². The van der Waals surface area contributed by atoms with Crippen molar-refractivity contribution in [3.05, 3.63) is 54.1 Å². The van der Waals surface area contributed by atoms with Gasteiger partial charge in [0.1, 0.15) is 5.75 Å². The summed E-state index contributed by atoms with van der Waals surface area (Å²) in [6.45, 7) is 4.30. The van der Waals surface area contributed by atoms with E-state index >= 15 is 0 Å². The van der Waals surface area contributed by atoms with Crippen LogP contribution in [0, 0.1) is 5.92 Å². The molecule has 7 heteroatoms. The molecule has 158 valence electrons. The number of anilines is 2. The Labute approximate surface area is 176 Å². The average Bonchev–Trinajstić information content (AvgIpc) is 3.15. The molecule has 0 aromatic heterocycles. The third-order valence-corrected chi connectivity index (χ3v) is 4.94. The fourth-order valence-electron chi connectivity index (χ4n) is 3.40. The van der Waals surface area contributed by atoms with Crippen LogP contribution in [0.1, 0.15) is 25.8 Å². The summed E-state index contributed by atoms with van der Waals surface area (Å²) >= 11 is 0. The number of amides is 2. The van der Waals surface area contributed by atoms with Gasteiger partial charge in [-0.2, -0.15) is 0 Å². The summed E-state index contributed by atoms with van der Waals surface area (Å²) in [4.78, 5) is 38.5. The van der Waals surface area contributed by atoms with E-state index < -0.39 is 17.8 Å². The summed E-state index contributed by atoms with van der Waals surface area (Å²) in [5.74, 6) is -0.977. The SMILES string of the molecule is CCOc1ccc(N2C[C@@H](C(=O)OCC(=O)Nc3ccccc3CC)CC2=O)cc1. The average molecular weight is 410 g/mol. The summed E-state index contributed by atoms with van der Waals surface area (Å²) in [6, 6.07) is 14.6. The van der Waals surface area contributed by atoms with Crippen molar-refractivity contribution in [2.75, 3.05) is 30.0 Å². The van der Waals surface area contributed by atoms with E-state index in [2.05, 4.69) is 5.32 Å². The first-order valence-corrected chi connectivity index (χ1v) is 10.1. The Morgan fingerprint density at radius 1 is 1.10 bits per heavy atom. The number of ether oxygens (including phenoxy) is 2. The molecule has 0 unspecified atom stereocenters. The van der Waals surface area contributed by atoms with Gasteiger partial charge in [0, 0.05) is 24.3 Å². The summed E-state index contributed by atoms with van der Waals surface area (Å²) in [6.07, 6.45) is 0.841. The molecular weight excluding hydrogens is 384 g/mol. The Kier molecular flexibility index (Phi) is 7.06. The molecular formula is C23H26N2O5. The lowest BCUT2D eigenvalue weighted by molar-refractivity contribution is -0.151. The van der Waals surface area contributed by atoms with Gasteiger partial charge in [-0.05, 0) is 49.2 Å². The Morgan fingerprint density at radius 2 is 1.83 bits per heavy atom. The van der Waals surface area contributed by atoms with Crippen LogP contribution in [0.25, 0.3) is 0 Å². The van der Waals surface area contributed by atoms with Crippen LogP contribution < -0.4 is 15.0 Å². The Balaban J connectivity index is 1.52. The molecule has 1 saturated heterocycles. The van der Waals surface area contributed by atoms with Crippen molar-refractivity contribution in [3.8, 4) is 5.75 Å². The van der Waals surface area contributed by atoms with Crippen molar-refractivity contribution in [1.29, 1.82) is 0 Å². The number of para-hydroxylation sites is 1. The predicted octanol–water partition coefficient (Wildman–Crippen LogP) is 3.18. The van der Waals surface area contributed by atoms with E-state index in [0.717, 1.165) is 17.7 Å². The van der Waals surface area contributed by atoms with Crippen molar-refractivity contribution in [2.24, 2.45) is 5.92 Å². The molecule has 0 bridgehead atoms. The molecule has 1 N–H and O–H groups in total. The van der Waals surface area contributed by atoms with Crippen LogP contribution in [0.5, 0.6) is 5.75 Å². The standard InChI is InChI=1S/C23H26N2O5/c1-3-16-7-5-6-8-20(16)24-21(26)15-30-23(28)17-13-22(27)25(14-17)18-9-11-19(12-10-18)29-4-2/h5-12,17H,3-4,13-15H2,1-2H3,(H,24,26)/t17-/m0/s1. The molecule has 0 aliphatic carbocycles. The fraction of sp³-hybridized carbons (Fsp3) is 0.348. The number of hydrogen-bond donors (Lipinski definition) is 1. The molecule has 2 aromatic carbocycles. The van der Waals surface area contributed by atoms with E-state index in [9.17, 15) is 14.4 Å². The van der Waals surface area contributed by atoms with Crippen LogP contribution in [-0.2, 0) is 25.5 Å². The molecule has 1 fully saturated rings. The molecule has 1 aliphatic rings. The van der Waals surface area contributed by atoms with Gasteiger partial charge in [-0.15, -0.1) is 0 Å². The number of rotatable bonds is 8. The minimum atomic E-state index is -0.597. The summed E-state index contributed by atoms with van der Waals surface area (Å²) in [5, 5.41) is 2.76. The molecule has 1 atom stereocenters. The van der Waals surface area contributed by atoms with Gasteiger partial charge < -0.3 is 19.7 Å². The number of hydrogen-bond acceptors (Lipinski definition) is 5. The van der Waals surface area contributed by atoms with Crippen molar-refractivity contribution in [1.82, 2.24) is 0 Å². The van der Waals surface area contributed by atoms with Crippen molar-refractivity contribution in [3.63, 3.8) is 0 Å². The van der Waals surface area contributed by atoms with Crippen LogP contribution in [0.4, 0.5) is 11.4 Å². The van der Waals surface area contributed by atoms with Gasteiger partial charge in [0.05, 0.1) is 12.5 Å². The number of esters is 1. The van der Waals surface area contributed by atoms with Gasteiger partial charge in [0.25, 0.3) is 5.91 Å². The molecule has 1 heterocycles. The van der Waals surface area contributed by atoms with E-state index in [1.165, 1.54) is 0 Å². The van der Waals surface area contributed by atoms with E-state index in [1.807, 2.05) is 38.1 Å². The van der Waals surface area contributed by atoms with Crippen LogP contribution in [0.15, 0.2) is 48.5 Å². The van der Waals surface area contributed by atoms with E-state index in [1.54, 1.807) is 29.2 Å². The number of nitrogens with zero attached hydrogens (tertiary/aromatic N) is 1. The molecule has 7 nitrogen and oxygen atoms in total. The van der Waals surface area contributed by atoms with Crippen LogP contribution in [0.2, 0.25) is 0 Å². The Hall–Kier alpha value is -3.35. The minimum absolute atomic E-state index is 0.0618. The van der Waals surface area contributed by atoms with Gasteiger partial charge in [0.15, 0.2) is 6.61 Å². The number of carbonyl (C=O) groups is 3. The molecule has 0 spiro atoms. The van der Waals surface area contributed by atoms with Crippen LogP contribution in [0.3, 0.4) is 0 Å². The number of carbonyl (C=O) groups excluding carboxylic acids is 3.